The van der Waals surface area contributed by atoms with Gasteiger partial charge in [0.05, 0.1) is 17.4 Å². The van der Waals surface area contributed by atoms with Crippen LogP contribution in [0.15, 0.2) is 52.0 Å². The van der Waals surface area contributed by atoms with E-state index in [-0.39, 0.29) is 30.1 Å². The molecule has 0 N–H and O–H groups in total. The maximum atomic E-state index is 13.9. The second-order valence-electron chi connectivity index (χ2n) is 6.91. The quantitative estimate of drug-likeness (QED) is 0.483. The minimum atomic E-state index is -0.731. The van der Waals surface area contributed by atoms with E-state index < -0.39 is 11.6 Å². The van der Waals surface area contributed by atoms with Crippen molar-refractivity contribution in [3.63, 3.8) is 0 Å². The van der Waals surface area contributed by atoms with E-state index in [1.54, 1.807) is 11.0 Å². The summed E-state index contributed by atoms with van der Waals surface area (Å²) in [5, 5.41) is 1.26. The molecule has 0 radical (unpaired) electrons. The van der Waals surface area contributed by atoms with E-state index in [4.69, 9.17) is 16.0 Å². The van der Waals surface area contributed by atoms with Crippen molar-refractivity contribution >= 4 is 40.1 Å². The molecule has 1 fully saturated rings. The number of halogens is 3. The number of carbonyl (C=O) groups excluding carboxylic acids is 1. The third-order valence-electron chi connectivity index (χ3n) is 4.84. The van der Waals surface area contributed by atoms with Crippen LogP contribution < -0.4 is 0 Å². The Hall–Kier alpha value is -2.71. The first kappa shape index (κ1) is 21.5. The third-order valence-corrected chi connectivity index (χ3v) is 6.20. The molecule has 1 aromatic heterocycles. The molecule has 0 spiro atoms. The van der Waals surface area contributed by atoms with Crippen LogP contribution in [0, 0.1) is 18.6 Å². The van der Waals surface area contributed by atoms with Gasteiger partial charge in [0.15, 0.2) is 16.8 Å². The maximum Gasteiger partial charge on any atom is 0.229 e. The number of hydrogen-bond acceptors (Lipinski definition) is 5. The summed E-state index contributed by atoms with van der Waals surface area (Å²) < 4.78 is 32.6. The molecule has 3 aromatic rings. The highest BCUT2D eigenvalue weighted by atomic mass is 35.5. The Morgan fingerprint density at radius 1 is 1.32 bits per heavy atom. The summed E-state index contributed by atoms with van der Waals surface area (Å²) in [5.74, 6) is -0.239. The van der Waals surface area contributed by atoms with Crippen LogP contribution in [0.2, 0.25) is 5.02 Å². The molecule has 1 aliphatic rings. The Bertz CT molecular complexity index is 1170. The van der Waals surface area contributed by atoms with Crippen LogP contribution in [-0.2, 0) is 11.2 Å². The van der Waals surface area contributed by atoms with E-state index in [9.17, 15) is 13.6 Å². The lowest BCUT2D eigenvalue weighted by Gasteiger charge is -2.16. The lowest BCUT2D eigenvalue weighted by molar-refractivity contribution is -0.126. The third kappa shape index (κ3) is 4.80. The highest BCUT2D eigenvalue weighted by molar-refractivity contribution is 8.14. The van der Waals surface area contributed by atoms with E-state index in [1.165, 1.54) is 24.0 Å². The number of amides is 1. The number of thioether (sulfide) groups is 1. The molecule has 0 atom stereocenters. The minimum Gasteiger partial charge on any atom is -0.441 e. The molecule has 1 aliphatic heterocycles. The van der Waals surface area contributed by atoms with Gasteiger partial charge in [-0.05, 0) is 36.8 Å². The smallest absolute Gasteiger partial charge is 0.229 e. The Labute approximate surface area is 187 Å². The monoisotopic (exact) mass is 461 g/mol. The van der Waals surface area contributed by atoms with E-state index in [1.807, 2.05) is 19.1 Å². The number of nitrogens with zero attached hydrogens (tertiary/aromatic N) is 3. The Kier molecular flexibility index (Phi) is 6.38. The predicted octanol–water partition coefficient (Wildman–Crippen LogP) is 5.78. The molecule has 4 rings (SSSR count). The molecule has 2 aromatic carbocycles. The normalized spacial score (nSPS) is 15.1. The Balaban J connectivity index is 1.43. The highest BCUT2D eigenvalue weighted by Gasteiger charge is 2.26. The van der Waals surface area contributed by atoms with Crippen molar-refractivity contribution in [2.24, 2.45) is 4.99 Å². The number of aryl methyl sites for hydroxylation is 1. The van der Waals surface area contributed by atoms with E-state index in [0.717, 1.165) is 29.1 Å². The molecule has 2 heterocycles. The van der Waals surface area contributed by atoms with Crippen LogP contribution in [0.5, 0.6) is 0 Å². The number of benzene rings is 2. The number of aliphatic imine (C=N–C) groups is 1. The van der Waals surface area contributed by atoms with Gasteiger partial charge < -0.3 is 4.42 Å². The van der Waals surface area contributed by atoms with Crippen molar-refractivity contribution in [2.75, 3.05) is 12.3 Å². The average molecular weight is 462 g/mol. The van der Waals surface area contributed by atoms with Crippen LogP contribution in [0.1, 0.15) is 17.9 Å². The molecule has 1 amide bonds. The summed E-state index contributed by atoms with van der Waals surface area (Å²) >= 11 is 7.68. The Morgan fingerprint density at radius 3 is 2.97 bits per heavy atom. The van der Waals surface area contributed by atoms with Gasteiger partial charge >= 0.3 is 0 Å². The lowest BCUT2D eigenvalue weighted by atomic mass is 10.2. The van der Waals surface area contributed by atoms with Gasteiger partial charge in [0.1, 0.15) is 11.6 Å². The zero-order chi connectivity index (χ0) is 22.0. The largest absolute Gasteiger partial charge is 0.441 e. The Morgan fingerprint density at radius 2 is 2.16 bits per heavy atom. The van der Waals surface area contributed by atoms with Gasteiger partial charge in [0.2, 0.25) is 5.91 Å². The second kappa shape index (κ2) is 9.20. The molecule has 0 aliphatic carbocycles. The average Bonchev–Trinajstić information content (AvgIpc) is 3.39. The zero-order valence-electron chi connectivity index (χ0n) is 16.6. The predicted molar refractivity (Wildman–Crippen MR) is 118 cm³/mol. The summed E-state index contributed by atoms with van der Waals surface area (Å²) in [7, 11) is 0. The number of oxazole rings is 1. The topological polar surface area (TPSA) is 58.7 Å². The van der Waals surface area contributed by atoms with Gasteiger partial charge in [-0.2, -0.15) is 0 Å². The number of hydrogen-bond donors (Lipinski definition) is 0. The first-order chi connectivity index (χ1) is 14.9. The molecule has 5 nitrogen and oxygen atoms in total. The SMILES string of the molecule is Cc1c(Cl)cccc1N=C1SCCN1C(=O)CCc1ncc(-c2ccc(F)cc2F)o1. The molecule has 1 saturated heterocycles. The van der Waals surface area contributed by atoms with Crippen LogP contribution in [0.4, 0.5) is 14.5 Å². The fraction of sp³-hybridized carbons (Fsp3) is 0.227. The summed E-state index contributed by atoms with van der Waals surface area (Å²) in [6, 6.07) is 8.71. The molecular formula is C22H18ClF2N3O2S. The van der Waals surface area contributed by atoms with E-state index in [2.05, 4.69) is 9.98 Å². The molecule has 0 bridgehead atoms. The summed E-state index contributed by atoms with van der Waals surface area (Å²) in [6.07, 6.45) is 1.79. The van der Waals surface area contributed by atoms with Crippen LogP contribution in [0.3, 0.4) is 0 Å². The lowest BCUT2D eigenvalue weighted by Crippen LogP contribution is -2.31. The molecule has 31 heavy (non-hydrogen) atoms. The summed E-state index contributed by atoms with van der Waals surface area (Å²) in [6.45, 7) is 2.46. The van der Waals surface area contributed by atoms with Gasteiger partial charge in [0.25, 0.3) is 0 Å². The van der Waals surface area contributed by atoms with Gasteiger partial charge in [0, 0.05) is 36.2 Å². The minimum absolute atomic E-state index is 0.101. The number of aromatic nitrogens is 1. The van der Waals surface area contributed by atoms with Gasteiger partial charge in [-0.15, -0.1) is 0 Å². The molecule has 0 saturated carbocycles. The van der Waals surface area contributed by atoms with Crippen molar-refractivity contribution in [1.82, 2.24) is 9.88 Å². The van der Waals surface area contributed by atoms with Crippen molar-refractivity contribution in [3.05, 3.63) is 70.7 Å². The van der Waals surface area contributed by atoms with E-state index in [0.29, 0.717) is 22.6 Å². The first-order valence-corrected chi connectivity index (χ1v) is 11.0. The van der Waals surface area contributed by atoms with Crippen molar-refractivity contribution < 1.29 is 18.0 Å². The van der Waals surface area contributed by atoms with Crippen LogP contribution >= 0.6 is 23.4 Å². The van der Waals surface area contributed by atoms with Crippen molar-refractivity contribution in [3.8, 4) is 11.3 Å². The standard InChI is InChI=1S/C22H18ClF2N3O2S/c1-13-16(23)3-2-4-18(13)27-22-28(9-10-31-22)21(29)8-7-20-26-12-19(30-20)15-6-5-14(24)11-17(15)25/h2-6,11-12H,7-10H2,1H3. The zero-order valence-corrected chi connectivity index (χ0v) is 18.1. The van der Waals surface area contributed by atoms with E-state index >= 15 is 0 Å². The number of amidine groups is 1. The first-order valence-electron chi connectivity index (χ1n) is 9.59. The van der Waals surface area contributed by atoms with Gasteiger partial charge in [-0.25, -0.2) is 18.8 Å². The van der Waals surface area contributed by atoms with Crippen LogP contribution in [-0.4, -0.2) is 33.3 Å². The second-order valence-corrected chi connectivity index (χ2v) is 8.38. The highest BCUT2D eigenvalue weighted by Crippen LogP contribution is 2.30. The fourth-order valence-corrected chi connectivity index (χ4v) is 4.27. The maximum absolute atomic E-state index is 13.9. The molecule has 0 unspecified atom stereocenters. The summed E-state index contributed by atoms with van der Waals surface area (Å²) in [4.78, 5) is 23.2. The number of rotatable bonds is 5. The summed E-state index contributed by atoms with van der Waals surface area (Å²) in [5.41, 5.74) is 1.71. The van der Waals surface area contributed by atoms with Crippen molar-refractivity contribution in [1.29, 1.82) is 0 Å². The molecule has 160 valence electrons. The van der Waals surface area contributed by atoms with Crippen molar-refractivity contribution in [2.45, 2.75) is 19.8 Å². The van der Waals surface area contributed by atoms with Gasteiger partial charge in [-0.1, -0.05) is 29.4 Å². The van der Waals surface area contributed by atoms with Gasteiger partial charge in [-0.3, -0.25) is 9.69 Å². The molecule has 9 heteroatoms. The number of carbonyl (C=O) groups is 1. The fourth-order valence-electron chi connectivity index (χ4n) is 3.13. The molecular weight excluding hydrogens is 444 g/mol. The van der Waals surface area contributed by atoms with Crippen LogP contribution in [0.25, 0.3) is 11.3 Å².